The molecule has 1 N–H and O–H groups in total. The molecule has 152 valence electrons. The van der Waals surface area contributed by atoms with Crippen molar-refractivity contribution in [2.45, 2.75) is 31.9 Å². The summed E-state index contributed by atoms with van der Waals surface area (Å²) in [6, 6.07) is 10.3. The summed E-state index contributed by atoms with van der Waals surface area (Å²) in [5.74, 6) is 0.947. The first-order valence-electron chi connectivity index (χ1n) is 9.95. The fourth-order valence-corrected chi connectivity index (χ4v) is 3.43. The minimum atomic E-state index is 0.344. The molecule has 1 fully saturated rings. The number of ether oxygens (including phenoxy) is 2. The number of aromatic nitrogens is 2. The van der Waals surface area contributed by atoms with Gasteiger partial charge in [0, 0.05) is 59.4 Å². The summed E-state index contributed by atoms with van der Waals surface area (Å²) in [7, 11) is 3.57. The van der Waals surface area contributed by atoms with E-state index >= 15 is 0 Å². The molecule has 1 aromatic heterocycles. The van der Waals surface area contributed by atoms with Crippen LogP contribution in [0.3, 0.4) is 0 Å². The summed E-state index contributed by atoms with van der Waals surface area (Å²) in [5, 5.41) is 7.79. The van der Waals surface area contributed by atoms with Gasteiger partial charge in [0.1, 0.15) is 0 Å². The number of guanidine groups is 1. The first-order valence-corrected chi connectivity index (χ1v) is 9.95. The molecule has 28 heavy (non-hydrogen) atoms. The average Bonchev–Trinajstić information content (AvgIpc) is 3.28. The summed E-state index contributed by atoms with van der Waals surface area (Å²) in [5.41, 5.74) is 2.26. The van der Waals surface area contributed by atoms with E-state index < -0.39 is 0 Å². The maximum absolute atomic E-state index is 5.95. The number of aliphatic imine (C=N–C) groups is 1. The molecule has 2 heterocycles. The number of likely N-dealkylation sites (tertiary alicyclic amines) is 1. The Kier molecular flexibility index (Phi) is 7.87. The highest BCUT2D eigenvalue weighted by Crippen LogP contribution is 2.15. The fourth-order valence-electron chi connectivity index (χ4n) is 3.43. The van der Waals surface area contributed by atoms with Gasteiger partial charge < -0.3 is 19.7 Å². The molecular weight excluding hydrogens is 354 g/mol. The van der Waals surface area contributed by atoms with E-state index in [0.29, 0.717) is 6.10 Å². The minimum Gasteiger partial charge on any atom is -0.385 e. The largest absolute Gasteiger partial charge is 0.385 e. The summed E-state index contributed by atoms with van der Waals surface area (Å²) < 4.78 is 12.9. The Morgan fingerprint density at radius 3 is 2.82 bits per heavy atom. The van der Waals surface area contributed by atoms with Gasteiger partial charge in [0.2, 0.25) is 0 Å². The highest BCUT2D eigenvalue weighted by atomic mass is 16.5. The van der Waals surface area contributed by atoms with Crippen LogP contribution in [0.2, 0.25) is 0 Å². The zero-order valence-electron chi connectivity index (χ0n) is 16.9. The van der Waals surface area contributed by atoms with E-state index in [9.17, 15) is 0 Å². The maximum atomic E-state index is 5.95. The van der Waals surface area contributed by atoms with Crippen LogP contribution in [-0.4, -0.2) is 67.2 Å². The van der Waals surface area contributed by atoms with Crippen LogP contribution < -0.4 is 5.32 Å². The molecule has 0 aliphatic carbocycles. The van der Waals surface area contributed by atoms with Gasteiger partial charge in [0.05, 0.1) is 11.8 Å². The number of benzene rings is 1. The van der Waals surface area contributed by atoms with E-state index in [1.54, 1.807) is 13.3 Å². The Balaban J connectivity index is 1.46. The SMILES string of the molecule is CN=C(NCc1cccc(-n2cccn2)c1)N1CCC(OCCCOC)CC1. The van der Waals surface area contributed by atoms with Gasteiger partial charge in [-0.05, 0) is 43.0 Å². The molecule has 0 saturated carbocycles. The van der Waals surface area contributed by atoms with Crippen molar-refractivity contribution < 1.29 is 9.47 Å². The third-order valence-electron chi connectivity index (χ3n) is 4.93. The molecule has 3 rings (SSSR count). The molecule has 7 heteroatoms. The van der Waals surface area contributed by atoms with Gasteiger partial charge in [-0.3, -0.25) is 4.99 Å². The predicted octanol–water partition coefficient (Wildman–Crippen LogP) is 2.47. The van der Waals surface area contributed by atoms with Gasteiger partial charge in [0.25, 0.3) is 0 Å². The summed E-state index contributed by atoms with van der Waals surface area (Å²) >= 11 is 0. The van der Waals surface area contributed by atoms with E-state index in [1.807, 2.05) is 24.0 Å². The number of piperidine rings is 1. The predicted molar refractivity (Wildman–Crippen MR) is 111 cm³/mol. The molecule has 0 bridgehead atoms. The molecule has 0 spiro atoms. The number of rotatable bonds is 8. The Hall–Kier alpha value is -2.38. The van der Waals surface area contributed by atoms with E-state index in [4.69, 9.17) is 9.47 Å². The van der Waals surface area contributed by atoms with Gasteiger partial charge in [-0.15, -0.1) is 0 Å². The zero-order valence-corrected chi connectivity index (χ0v) is 16.9. The number of nitrogens with zero attached hydrogens (tertiary/aromatic N) is 4. The highest BCUT2D eigenvalue weighted by Gasteiger charge is 2.21. The number of hydrogen-bond acceptors (Lipinski definition) is 4. The first-order chi connectivity index (χ1) is 13.8. The standard InChI is InChI=1S/C21H31N5O2/c1-22-21(25-12-8-20(9-13-25)28-15-5-14-27-2)23-17-18-6-3-7-19(16-18)26-11-4-10-24-26/h3-4,6-7,10-11,16,20H,5,8-9,12-15,17H2,1-2H3,(H,22,23). The van der Waals surface area contributed by atoms with E-state index in [2.05, 4.69) is 44.6 Å². The summed E-state index contributed by atoms with van der Waals surface area (Å²) in [6.07, 6.45) is 7.10. The Bertz CT molecular complexity index is 724. The molecule has 7 nitrogen and oxygen atoms in total. The Morgan fingerprint density at radius 2 is 2.11 bits per heavy atom. The van der Waals surface area contributed by atoms with Gasteiger partial charge in [-0.1, -0.05) is 12.1 Å². The lowest BCUT2D eigenvalue weighted by Crippen LogP contribution is -2.46. The van der Waals surface area contributed by atoms with Crippen molar-refractivity contribution in [3.63, 3.8) is 0 Å². The van der Waals surface area contributed by atoms with Gasteiger partial charge in [-0.25, -0.2) is 4.68 Å². The average molecular weight is 386 g/mol. The van der Waals surface area contributed by atoms with Crippen LogP contribution in [0.25, 0.3) is 5.69 Å². The molecule has 1 saturated heterocycles. The lowest BCUT2D eigenvalue weighted by Gasteiger charge is -2.34. The maximum Gasteiger partial charge on any atom is 0.193 e. The summed E-state index contributed by atoms with van der Waals surface area (Å²) in [6.45, 7) is 4.19. The number of methoxy groups -OCH3 is 1. The van der Waals surface area contributed by atoms with Crippen molar-refractivity contribution in [2.24, 2.45) is 4.99 Å². The second kappa shape index (κ2) is 10.8. The van der Waals surface area contributed by atoms with Crippen LogP contribution in [0, 0.1) is 0 Å². The number of nitrogens with one attached hydrogen (secondary N) is 1. The van der Waals surface area contributed by atoms with Crippen LogP contribution in [0.5, 0.6) is 0 Å². The van der Waals surface area contributed by atoms with Crippen molar-refractivity contribution >= 4 is 5.96 Å². The highest BCUT2D eigenvalue weighted by molar-refractivity contribution is 5.80. The smallest absolute Gasteiger partial charge is 0.193 e. The van der Waals surface area contributed by atoms with Crippen LogP contribution in [0.4, 0.5) is 0 Å². The van der Waals surface area contributed by atoms with Crippen molar-refractivity contribution in [1.29, 1.82) is 0 Å². The van der Waals surface area contributed by atoms with E-state index in [-0.39, 0.29) is 0 Å². The topological polar surface area (TPSA) is 63.9 Å². The van der Waals surface area contributed by atoms with Crippen molar-refractivity contribution in [3.8, 4) is 5.69 Å². The van der Waals surface area contributed by atoms with Crippen LogP contribution in [0.1, 0.15) is 24.8 Å². The summed E-state index contributed by atoms with van der Waals surface area (Å²) in [4.78, 5) is 6.78. The van der Waals surface area contributed by atoms with E-state index in [1.165, 1.54) is 5.56 Å². The fraction of sp³-hybridized carbons (Fsp3) is 0.524. The number of hydrogen-bond donors (Lipinski definition) is 1. The molecule has 0 amide bonds. The third-order valence-corrected chi connectivity index (χ3v) is 4.93. The lowest BCUT2D eigenvalue weighted by atomic mass is 10.1. The van der Waals surface area contributed by atoms with Gasteiger partial charge >= 0.3 is 0 Å². The normalized spacial score (nSPS) is 15.8. The molecule has 0 unspecified atom stereocenters. The van der Waals surface area contributed by atoms with Crippen LogP contribution in [0.15, 0.2) is 47.7 Å². The zero-order chi connectivity index (χ0) is 19.6. The second-order valence-corrected chi connectivity index (χ2v) is 6.92. The Morgan fingerprint density at radius 1 is 1.25 bits per heavy atom. The molecular formula is C21H31N5O2. The molecule has 2 aromatic rings. The second-order valence-electron chi connectivity index (χ2n) is 6.92. The van der Waals surface area contributed by atoms with Gasteiger partial charge in [0.15, 0.2) is 5.96 Å². The van der Waals surface area contributed by atoms with Crippen LogP contribution in [-0.2, 0) is 16.0 Å². The minimum absolute atomic E-state index is 0.344. The van der Waals surface area contributed by atoms with E-state index in [0.717, 1.165) is 63.8 Å². The lowest BCUT2D eigenvalue weighted by molar-refractivity contribution is 0.00989. The molecule has 0 atom stereocenters. The van der Waals surface area contributed by atoms with Crippen molar-refractivity contribution in [3.05, 3.63) is 48.3 Å². The monoisotopic (exact) mass is 385 g/mol. The van der Waals surface area contributed by atoms with Crippen molar-refractivity contribution in [1.82, 2.24) is 20.0 Å². The molecule has 1 aromatic carbocycles. The van der Waals surface area contributed by atoms with Gasteiger partial charge in [-0.2, -0.15) is 5.10 Å². The quantitative estimate of drug-likeness (QED) is 0.430. The molecule has 1 aliphatic heterocycles. The van der Waals surface area contributed by atoms with Crippen LogP contribution >= 0.6 is 0 Å². The molecule has 1 aliphatic rings. The first kappa shape index (κ1) is 20.4. The Labute approximate surface area is 167 Å². The molecule has 0 radical (unpaired) electrons. The van der Waals surface area contributed by atoms with Crippen molar-refractivity contribution in [2.75, 3.05) is 40.5 Å². The third kappa shape index (κ3) is 5.81.